The largest absolute Gasteiger partial charge is 0.496 e. The predicted octanol–water partition coefficient (Wildman–Crippen LogP) is 2.86. The highest BCUT2D eigenvalue weighted by Crippen LogP contribution is 2.20. The summed E-state index contributed by atoms with van der Waals surface area (Å²) in [4.78, 5) is 11.9. The normalized spacial score (nSPS) is 14.9. The summed E-state index contributed by atoms with van der Waals surface area (Å²) in [6.45, 7) is 4.93. The van der Waals surface area contributed by atoms with Crippen LogP contribution in [0.3, 0.4) is 0 Å². The molecule has 1 aromatic carbocycles. The Kier molecular flexibility index (Phi) is 9.03. The molecule has 0 unspecified atom stereocenters. The number of carbonyl (C=O) groups excluding carboxylic acids is 1. The average molecular weight is 341 g/mol. The van der Waals surface area contributed by atoms with Crippen molar-refractivity contribution in [2.24, 2.45) is 5.92 Å². The maximum Gasteiger partial charge on any atom is 0.220 e. The van der Waals surface area contributed by atoms with Gasteiger partial charge in [0.05, 0.1) is 7.11 Å². The van der Waals surface area contributed by atoms with Gasteiger partial charge in [-0.25, -0.2) is 0 Å². The van der Waals surface area contributed by atoms with Gasteiger partial charge in [-0.3, -0.25) is 4.79 Å². The fraction of sp³-hybridized carbons (Fsp3) is 0.611. The maximum absolute atomic E-state index is 11.9. The van der Waals surface area contributed by atoms with E-state index in [1.807, 2.05) is 12.1 Å². The molecule has 5 heteroatoms. The Balaban J connectivity index is 0.00000264. The molecule has 4 nitrogen and oxygen atoms in total. The van der Waals surface area contributed by atoms with Crippen LogP contribution in [0.5, 0.6) is 5.75 Å². The summed E-state index contributed by atoms with van der Waals surface area (Å²) < 4.78 is 5.37. The van der Waals surface area contributed by atoms with Gasteiger partial charge in [0.25, 0.3) is 0 Å². The lowest BCUT2D eigenvalue weighted by molar-refractivity contribution is -0.121. The molecule has 1 aliphatic rings. The lowest BCUT2D eigenvalue weighted by Gasteiger charge is -2.22. The molecule has 1 saturated heterocycles. The number of methoxy groups -OCH3 is 1. The first kappa shape index (κ1) is 19.8. The third kappa shape index (κ3) is 6.80. The molecule has 2 rings (SSSR count). The van der Waals surface area contributed by atoms with Crippen LogP contribution in [-0.2, 0) is 11.2 Å². The third-order valence-electron chi connectivity index (χ3n) is 4.39. The molecule has 130 valence electrons. The number of benzene rings is 1. The molecule has 1 fully saturated rings. The topological polar surface area (TPSA) is 50.4 Å². The minimum absolute atomic E-state index is 0. The van der Waals surface area contributed by atoms with Crippen molar-refractivity contribution in [3.8, 4) is 5.75 Å². The van der Waals surface area contributed by atoms with E-state index in [1.54, 1.807) is 7.11 Å². The number of amides is 1. The first-order chi connectivity index (χ1) is 10.7. The van der Waals surface area contributed by atoms with E-state index in [0.717, 1.165) is 37.2 Å². The molecule has 2 N–H and O–H groups in total. The van der Waals surface area contributed by atoms with Crippen molar-refractivity contribution in [3.05, 3.63) is 29.3 Å². The van der Waals surface area contributed by atoms with Gasteiger partial charge in [0, 0.05) is 13.0 Å². The van der Waals surface area contributed by atoms with E-state index in [2.05, 4.69) is 23.6 Å². The number of piperidine rings is 1. The van der Waals surface area contributed by atoms with Crippen molar-refractivity contribution in [1.82, 2.24) is 10.6 Å². The SMILES string of the molecule is COc1ccc(C)cc1CCNC(=O)CCC1CCNCC1.Cl. The van der Waals surface area contributed by atoms with Gasteiger partial charge in [0.1, 0.15) is 5.75 Å². The summed E-state index contributed by atoms with van der Waals surface area (Å²) in [5.41, 5.74) is 2.37. The Morgan fingerprint density at radius 2 is 2.09 bits per heavy atom. The van der Waals surface area contributed by atoms with E-state index in [0.29, 0.717) is 18.9 Å². The van der Waals surface area contributed by atoms with Crippen molar-refractivity contribution in [3.63, 3.8) is 0 Å². The van der Waals surface area contributed by atoms with Crippen LogP contribution >= 0.6 is 12.4 Å². The fourth-order valence-corrected chi connectivity index (χ4v) is 3.03. The second-order valence-electron chi connectivity index (χ2n) is 6.15. The number of hydrogen-bond donors (Lipinski definition) is 2. The number of carbonyl (C=O) groups is 1. The zero-order valence-electron chi connectivity index (χ0n) is 14.2. The Hall–Kier alpha value is -1.26. The van der Waals surface area contributed by atoms with E-state index in [1.165, 1.54) is 18.4 Å². The Bertz CT molecular complexity index is 488. The quantitative estimate of drug-likeness (QED) is 0.802. The van der Waals surface area contributed by atoms with Crippen molar-refractivity contribution in [2.75, 3.05) is 26.7 Å². The number of halogens is 1. The van der Waals surface area contributed by atoms with Crippen LogP contribution in [0.15, 0.2) is 18.2 Å². The number of aryl methyl sites for hydroxylation is 1. The Morgan fingerprint density at radius 3 is 2.78 bits per heavy atom. The summed E-state index contributed by atoms with van der Waals surface area (Å²) in [5.74, 6) is 1.78. The van der Waals surface area contributed by atoms with Crippen molar-refractivity contribution in [1.29, 1.82) is 0 Å². The maximum atomic E-state index is 11.9. The molecule has 0 radical (unpaired) electrons. The second kappa shape index (κ2) is 10.5. The highest BCUT2D eigenvalue weighted by atomic mass is 35.5. The highest BCUT2D eigenvalue weighted by Gasteiger charge is 2.14. The molecule has 1 amide bonds. The summed E-state index contributed by atoms with van der Waals surface area (Å²) in [6.07, 6.45) is 4.88. The number of nitrogens with one attached hydrogen (secondary N) is 2. The summed E-state index contributed by atoms with van der Waals surface area (Å²) in [7, 11) is 1.69. The van der Waals surface area contributed by atoms with Crippen LogP contribution in [0.4, 0.5) is 0 Å². The molecule has 1 aliphatic heterocycles. The predicted molar refractivity (Wildman–Crippen MR) is 96.5 cm³/mol. The molecule has 1 heterocycles. The number of ether oxygens (including phenoxy) is 1. The van der Waals surface area contributed by atoms with E-state index in [9.17, 15) is 4.79 Å². The van der Waals surface area contributed by atoms with Crippen LogP contribution in [0.1, 0.15) is 36.8 Å². The standard InChI is InChI=1S/C18H28N2O2.ClH/c1-14-3-5-17(22-2)16(13-14)9-12-20-18(21)6-4-15-7-10-19-11-8-15;/h3,5,13,15,19H,4,6-12H2,1-2H3,(H,20,21);1H. The molecule has 0 aromatic heterocycles. The van der Waals surface area contributed by atoms with Crippen LogP contribution in [-0.4, -0.2) is 32.7 Å². The van der Waals surface area contributed by atoms with Gasteiger partial charge in [0.15, 0.2) is 0 Å². The summed E-state index contributed by atoms with van der Waals surface area (Å²) in [5, 5.41) is 6.39. The van der Waals surface area contributed by atoms with Gasteiger partial charge in [0.2, 0.25) is 5.91 Å². The Labute approximate surface area is 145 Å². The van der Waals surface area contributed by atoms with Gasteiger partial charge in [-0.05, 0) is 63.2 Å². The second-order valence-corrected chi connectivity index (χ2v) is 6.15. The number of rotatable bonds is 7. The van der Waals surface area contributed by atoms with Gasteiger partial charge in [-0.1, -0.05) is 17.7 Å². The monoisotopic (exact) mass is 340 g/mol. The zero-order chi connectivity index (χ0) is 15.8. The summed E-state index contributed by atoms with van der Waals surface area (Å²) in [6, 6.07) is 6.16. The van der Waals surface area contributed by atoms with E-state index in [-0.39, 0.29) is 18.3 Å². The highest BCUT2D eigenvalue weighted by molar-refractivity contribution is 5.85. The smallest absolute Gasteiger partial charge is 0.220 e. The van der Waals surface area contributed by atoms with Gasteiger partial charge in [-0.15, -0.1) is 12.4 Å². The van der Waals surface area contributed by atoms with Crippen LogP contribution < -0.4 is 15.4 Å². The van der Waals surface area contributed by atoms with E-state index in [4.69, 9.17) is 4.74 Å². The van der Waals surface area contributed by atoms with Crippen molar-refractivity contribution >= 4 is 18.3 Å². The van der Waals surface area contributed by atoms with Crippen LogP contribution in [0, 0.1) is 12.8 Å². The molecule has 0 spiro atoms. The van der Waals surface area contributed by atoms with E-state index >= 15 is 0 Å². The number of hydrogen-bond acceptors (Lipinski definition) is 3. The molecule has 23 heavy (non-hydrogen) atoms. The molecule has 0 atom stereocenters. The first-order valence-corrected chi connectivity index (χ1v) is 8.30. The van der Waals surface area contributed by atoms with E-state index < -0.39 is 0 Å². The molecule has 0 saturated carbocycles. The average Bonchev–Trinajstić information content (AvgIpc) is 2.54. The molecular weight excluding hydrogens is 312 g/mol. The lowest BCUT2D eigenvalue weighted by atomic mass is 9.93. The minimum atomic E-state index is 0. The molecule has 0 bridgehead atoms. The fourth-order valence-electron chi connectivity index (χ4n) is 3.03. The molecule has 1 aromatic rings. The molecular formula is C18H29ClN2O2. The van der Waals surface area contributed by atoms with Crippen LogP contribution in [0.25, 0.3) is 0 Å². The van der Waals surface area contributed by atoms with Gasteiger partial charge in [-0.2, -0.15) is 0 Å². The van der Waals surface area contributed by atoms with Gasteiger partial charge >= 0.3 is 0 Å². The Morgan fingerprint density at radius 1 is 1.35 bits per heavy atom. The lowest BCUT2D eigenvalue weighted by Crippen LogP contribution is -2.30. The zero-order valence-corrected chi connectivity index (χ0v) is 15.0. The van der Waals surface area contributed by atoms with Crippen molar-refractivity contribution < 1.29 is 9.53 Å². The molecule has 0 aliphatic carbocycles. The van der Waals surface area contributed by atoms with Crippen LogP contribution in [0.2, 0.25) is 0 Å². The van der Waals surface area contributed by atoms with Gasteiger partial charge < -0.3 is 15.4 Å². The summed E-state index contributed by atoms with van der Waals surface area (Å²) >= 11 is 0. The first-order valence-electron chi connectivity index (χ1n) is 8.30. The minimum Gasteiger partial charge on any atom is -0.496 e. The van der Waals surface area contributed by atoms with Crippen molar-refractivity contribution in [2.45, 2.75) is 39.0 Å². The third-order valence-corrected chi connectivity index (χ3v) is 4.39.